The molecule has 255 valence electrons. The molecule has 0 spiro atoms. The van der Waals surface area contributed by atoms with Crippen LogP contribution in [0.3, 0.4) is 0 Å². The Labute approximate surface area is 333 Å². The summed E-state index contributed by atoms with van der Waals surface area (Å²) in [5.74, 6) is 0. The average Bonchev–Trinajstić information content (AvgIpc) is 3.64. The Hall–Kier alpha value is -5.81. The maximum absolute atomic E-state index is 8.08. The fraction of sp³-hybridized carbons (Fsp3) is 0.0870. The van der Waals surface area contributed by atoms with E-state index in [4.69, 9.17) is 20.9 Å². The predicted molar refractivity (Wildman–Crippen MR) is 207 cm³/mol. The molecule has 0 atom stereocenters. The van der Waals surface area contributed by atoms with E-state index in [0.717, 1.165) is 27.4 Å². The van der Waals surface area contributed by atoms with E-state index in [1.807, 2.05) is 66.7 Å². The summed E-state index contributed by atoms with van der Waals surface area (Å²) in [6, 6.07) is 39.4. The summed E-state index contributed by atoms with van der Waals surface area (Å²) >= 11 is 0. The van der Waals surface area contributed by atoms with Crippen molar-refractivity contribution >= 4 is 33.0 Å². The molecule has 0 fully saturated rings. The number of hydrogen-bond donors (Lipinski definition) is 0. The van der Waals surface area contributed by atoms with Crippen molar-refractivity contribution in [2.45, 2.75) is 27.4 Å². The summed E-state index contributed by atoms with van der Waals surface area (Å²) in [6.45, 7) is -9.22. The van der Waals surface area contributed by atoms with Crippen molar-refractivity contribution in [2.24, 2.45) is 0 Å². The predicted octanol–water partition coefficient (Wildman–Crippen LogP) is 11.5. The normalized spacial score (nSPS) is 15.3. The van der Waals surface area contributed by atoms with Crippen LogP contribution in [0.1, 0.15) is 38.8 Å². The fourth-order valence-electron chi connectivity index (χ4n) is 5.94. The van der Waals surface area contributed by atoms with Gasteiger partial charge in [0.25, 0.3) is 0 Å². The number of rotatable bonds is 4. The van der Waals surface area contributed by atoms with Crippen molar-refractivity contribution in [2.75, 3.05) is 0 Å². The van der Waals surface area contributed by atoms with Crippen molar-refractivity contribution in [3.8, 4) is 44.8 Å². The van der Waals surface area contributed by atoms with Crippen LogP contribution in [0, 0.1) is 39.5 Å². The monoisotopic (exact) mass is 863 g/mol. The number of aryl methyl sites for hydroxylation is 4. The largest absolute Gasteiger partial charge is 0.486 e. The van der Waals surface area contributed by atoms with E-state index >= 15 is 0 Å². The fourth-order valence-corrected chi connectivity index (χ4v) is 5.94. The molecular weight excluding hydrogens is 817 g/mol. The second-order valence-corrected chi connectivity index (χ2v) is 11.7. The van der Waals surface area contributed by atoms with E-state index < -0.39 is 27.4 Å². The molecule has 6 heteroatoms. The van der Waals surface area contributed by atoms with Crippen LogP contribution < -0.4 is 0 Å². The topological polar surface area (TPSA) is 64.7 Å². The number of furan rings is 1. The number of aromatic nitrogens is 4. The minimum atomic E-state index is -2.38. The first-order chi connectivity index (χ1) is 29.8. The summed E-state index contributed by atoms with van der Waals surface area (Å²) in [5.41, 5.74) is 6.61. The third kappa shape index (κ3) is 6.91. The van der Waals surface area contributed by atoms with Crippen molar-refractivity contribution in [1.29, 1.82) is 0 Å². The summed E-state index contributed by atoms with van der Waals surface area (Å²) in [5, 5.41) is 2.28. The van der Waals surface area contributed by atoms with Gasteiger partial charge < -0.3 is 14.4 Å². The van der Waals surface area contributed by atoms with Crippen LogP contribution in [0.25, 0.3) is 77.7 Å². The molecule has 0 bridgehead atoms. The Balaban J connectivity index is 0.000000201. The minimum Gasteiger partial charge on any atom is -0.486 e. The maximum Gasteiger partial charge on any atom is 0.216 e. The maximum atomic E-state index is 8.08. The van der Waals surface area contributed by atoms with Gasteiger partial charge in [0.2, 0.25) is 5.71 Å². The standard InChI is InChI=1S/C27H18N3O.C19H16N.Ir/c1-16-15-29-25(14-23(16)18-9-11-24-19(13-18)5-4-12-28-24)22-7-3-6-20-21-10-8-17(2)30-27(21)31-26(20)22;1-14-8-11-19(20-13-14)17-10-9-15(2)18(12-17)16-6-4-3-5-7-16;/h3-6,8-15H,1-2H3;3-9,11-13H,1-2H3;/q2*-1;/i2*1D3,2D3;. The Kier molecular flexibility index (Phi) is 6.52. The summed E-state index contributed by atoms with van der Waals surface area (Å²) in [4.78, 5) is 17.2. The van der Waals surface area contributed by atoms with E-state index in [2.05, 4.69) is 32.1 Å². The van der Waals surface area contributed by atoms with Crippen molar-refractivity contribution in [3.63, 3.8) is 0 Å². The number of pyridine rings is 4. The van der Waals surface area contributed by atoms with Gasteiger partial charge in [-0.2, -0.15) is 0 Å². The number of hydrogen-bond acceptors (Lipinski definition) is 5. The van der Waals surface area contributed by atoms with E-state index in [-0.39, 0.29) is 48.2 Å². The smallest absolute Gasteiger partial charge is 0.216 e. The Morgan fingerprint density at radius 2 is 1.54 bits per heavy atom. The van der Waals surface area contributed by atoms with Crippen LogP contribution in [0.2, 0.25) is 0 Å². The van der Waals surface area contributed by atoms with E-state index in [9.17, 15) is 0 Å². The molecule has 0 saturated heterocycles. The second-order valence-electron chi connectivity index (χ2n) is 11.7. The van der Waals surface area contributed by atoms with Gasteiger partial charge in [-0.15, -0.1) is 47.5 Å². The zero-order valence-electron chi connectivity index (χ0n) is 39.2. The van der Waals surface area contributed by atoms with E-state index in [0.29, 0.717) is 44.6 Å². The molecule has 9 aromatic rings. The van der Waals surface area contributed by atoms with Crippen LogP contribution in [0.5, 0.6) is 0 Å². The van der Waals surface area contributed by atoms with Gasteiger partial charge in [0, 0.05) is 71.6 Å². The van der Waals surface area contributed by atoms with Crippen molar-refractivity contribution in [1.82, 2.24) is 19.9 Å². The molecule has 9 rings (SSSR count). The van der Waals surface area contributed by atoms with Crippen LogP contribution in [-0.2, 0) is 20.1 Å². The van der Waals surface area contributed by atoms with Crippen LogP contribution in [-0.4, -0.2) is 19.9 Å². The zero-order chi connectivity index (χ0) is 44.9. The molecule has 0 N–H and O–H groups in total. The minimum absolute atomic E-state index is 0. The molecule has 1 radical (unpaired) electrons. The molecule has 5 nitrogen and oxygen atoms in total. The molecule has 0 amide bonds. The van der Waals surface area contributed by atoms with Crippen molar-refractivity contribution < 1.29 is 41.0 Å². The first-order valence-electron chi connectivity index (χ1n) is 21.9. The quantitative estimate of drug-likeness (QED) is 0.165. The molecule has 4 aromatic carbocycles. The molecule has 0 aliphatic rings. The SMILES string of the molecule is [2H]C([2H])([2H])c1ccc(-c2[c-]cc(C([2H])([2H])[2H])c(-c3ccccc3)c2)nc1.[2H]C([2H])([2H])c1ccc2c(n1)oc1c(-c3cc(-c4ccc5ncccc5c4)c(C([2H])([2H])[2H])cn3)[c-]ccc12.[Ir]. The van der Waals surface area contributed by atoms with Gasteiger partial charge in [0.1, 0.15) is 0 Å². The van der Waals surface area contributed by atoms with Gasteiger partial charge in [-0.05, 0) is 90.1 Å². The van der Waals surface area contributed by atoms with Crippen LogP contribution in [0.15, 0.2) is 138 Å². The van der Waals surface area contributed by atoms with Gasteiger partial charge >= 0.3 is 0 Å². The van der Waals surface area contributed by atoms with Gasteiger partial charge in [0.05, 0.1) is 11.1 Å². The second kappa shape index (κ2) is 14.8. The number of nitrogens with zero attached hydrogens (tertiary/aromatic N) is 4. The van der Waals surface area contributed by atoms with Crippen LogP contribution >= 0.6 is 0 Å². The van der Waals surface area contributed by atoms with Gasteiger partial charge in [0.15, 0.2) is 0 Å². The van der Waals surface area contributed by atoms with Crippen molar-refractivity contribution in [3.05, 3.63) is 168 Å². The van der Waals surface area contributed by atoms with Gasteiger partial charge in [-0.3, -0.25) is 4.98 Å². The van der Waals surface area contributed by atoms with Crippen LogP contribution in [0.4, 0.5) is 0 Å². The number of fused-ring (bicyclic) bond motifs is 4. The number of benzene rings is 4. The first-order valence-corrected chi connectivity index (χ1v) is 15.9. The third-order valence-corrected chi connectivity index (χ3v) is 8.45. The Morgan fingerprint density at radius 3 is 2.37 bits per heavy atom. The molecule has 0 saturated carbocycles. The zero-order valence-corrected chi connectivity index (χ0v) is 29.6. The van der Waals surface area contributed by atoms with E-state index in [1.54, 1.807) is 36.5 Å². The Bertz CT molecular complexity index is 3130. The Morgan fingerprint density at radius 1 is 0.654 bits per heavy atom. The molecule has 0 aliphatic heterocycles. The molecule has 5 heterocycles. The third-order valence-electron chi connectivity index (χ3n) is 8.45. The molecule has 52 heavy (non-hydrogen) atoms. The average molecular weight is 863 g/mol. The summed E-state index contributed by atoms with van der Waals surface area (Å²) < 4.78 is 98.8. The summed E-state index contributed by atoms with van der Waals surface area (Å²) in [6.07, 6.45) is 4.39. The summed E-state index contributed by atoms with van der Waals surface area (Å²) in [7, 11) is 0. The molecular formula is C46H34IrN4O-2. The molecule has 0 aliphatic carbocycles. The van der Waals surface area contributed by atoms with Gasteiger partial charge in [-0.1, -0.05) is 84.0 Å². The first kappa shape index (κ1) is 22.9. The van der Waals surface area contributed by atoms with E-state index in [1.165, 1.54) is 30.6 Å². The van der Waals surface area contributed by atoms with Gasteiger partial charge in [-0.25, -0.2) is 4.98 Å². The molecule has 0 unspecified atom stereocenters. The molecule has 5 aromatic heterocycles.